The molecule has 0 N–H and O–H groups in total. The van der Waals surface area contributed by atoms with E-state index in [1.807, 2.05) is 6.08 Å². The summed E-state index contributed by atoms with van der Waals surface area (Å²) < 4.78 is 26.7. The Morgan fingerprint density at radius 2 is 2.14 bits per heavy atom. The van der Waals surface area contributed by atoms with Crippen molar-refractivity contribution in [3.05, 3.63) is 40.5 Å². The second kappa shape index (κ2) is 3.22. The average Bonchev–Trinajstić information content (AvgIpc) is 2.18. The highest BCUT2D eigenvalue weighted by molar-refractivity contribution is 5.60. The minimum atomic E-state index is -0.765. The van der Waals surface area contributed by atoms with Gasteiger partial charge in [0.2, 0.25) is 0 Å². The van der Waals surface area contributed by atoms with Crippen LogP contribution in [0.2, 0.25) is 0 Å². The second-order valence-corrected chi connectivity index (χ2v) is 3.17. The van der Waals surface area contributed by atoms with Crippen LogP contribution >= 0.6 is 0 Å². The van der Waals surface area contributed by atoms with E-state index in [4.69, 9.17) is 5.26 Å². The summed E-state index contributed by atoms with van der Waals surface area (Å²) in [5, 5.41) is 8.55. The van der Waals surface area contributed by atoms with Crippen LogP contribution in [-0.4, -0.2) is 0 Å². The van der Waals surface area contributed by atoms with Crippen LogP contribution in [0, 0.1) is 23.0 Å². The van der Waals surface area contributed by atoms with Crippen LogP contribution < -0.4 is 0 Å². The number of halogens is 2. The van der Waals surface area contributed by atoms with Crippen LogP contribution in [0.1, 0.15) is 23.1 Å². The fourth-order valence-electron chi connectivity index (χ4n) is 1.61. The summed E-state index contributed by atoms with van der Waals surface area (Å²) >= 11 is 0. The molecule has 0 amide bonds. The van der Waals surface area contributed by atoms with Crippen LogP contribution in [0.5, 0.6) is 0 Å². The average molecular weight is 191 g/mol. The molecule has 0 aliphatic heterocycles. The SMILES string of the molecule is N#Cc1c(F)cc2c(c1F)C=CCC2. The van der Waals surface area contributed by atoms with E-state index in [0.29, 0.717) is 17.5 Å². The van der Waals surface area contributed by atoms with Crippen molar-refractivity contribution in [3.8, 4) is 6.07 Å². The van der Waals surface area contributed by atoms with Crippen LogP contribution in [0.15, 0.2) is 12.1 Å². The summed E-state index contributed by atoms with van der Waals surface area (Å²) in [4.78, 5) is 0. The summed E-state index contributed by atoms with van der Waals surface area (Å²) in [6.45, 7) is 0. The highest BCUT2D eigenvalue weighted by Gasteiger charge is 2.17. The quantitative estimate of drug-likeness (QED) is 0.618. The molecule has 3 heteroatoms. The molecule has 1 aromatic rings. The highest BCUT2D eigenvalue weighted by atomic mass is 19.1. The van der Waals surface area contributed by atoms with Crippen molar-refractivity contribution in [1.29, 1.82) is 5.26 Å². The third-order valence-corrected chi connectivity index (χ3v) is 2.32. The van der Waals surface area contributed by atoms with Gasteiger partial charge >= 0.3 is 0 Å². The number of rotatable bonds is 0. The van der Waals surface area contributed by atoms with E-state index < -0.39 is 17.2 Å². The van der Waals surface area contributed by atoms with Gasteiger partial charge in [0.15, 0.2) is 5.82 Å². The molecule has 70 valence electrons. The van der Waals surface area contributed by atoms with Gasteiger partial charge in [-0.3, -0.25) is 0 Å². The lowest BCUT2D eigenvalue weighted by molar-refractivity contribution is 0.570. The van der Waals surface area contributed by atoms with Crippen LogP contribution in [0.4, 0.5) is 8.78 Å². The van der Waals surface area contributed by atoms with E-state index in [2.05, 4.69) is 0 Å². The molecule has 14 heavy (non-hydrogen) atoms. The molecular weight excluding hydrogens is 184 g/mol. The number of hydrogen-bond donors (Lipinski definition) is 0. The summed E-state index contributed by atoms with van der Waals surface area (Å²) in [5.41, 5.74) is 0.506. The Bertz CT molecular complexity index is 455. The molecule has 0 atom stereocenters. The van der Waals surface area contributed by atoms with Gasteiger partial charge < -0.3 is 0 Å². The molecule has 0 saturated heterocycles. The largest absolute Gasteiger partial charge is 0.205 e. The van der Waals surface area contributed by atoms with Crippen molar-refractivity contribution in [2.45, 2.75) is 12.8 Å². The van der Waals surface area contributed by atoms with E-state index in [1.165, 1.54) is 12.1 Å². The van der Waals surface area contributed by atoms with Gasteiger partial charge in [0.05, 0.1) is 0 Å². The maximum Gasteiger partial charge on any atom is 0.151 e. The molecule has 1 aliphatic rings. The first kappa shape index (κ1) is 8.89. The Morgan fingerprint density at radius 3 is 2.86 bits per heavy atom. The molecule has 0 aromatic heterocycles. The van der Waals surface area contributed by atoms with E-state index >= 15 is 0 Å². The number of nitriles is 1. The lowest BCUT2D eigenvalue weighted by Gasteiger charge is -2.12. The summed E-state index contributed by atoms with van der Waals surface area (Å²) in [6, 6.07) is 2.78. The molecule has 0 unspecified atom stereocenters. The van der Waals surface area contributed by atoms with E-state index in [-0.39, 0.29) is 0 Å². The third-order valence-electron chi connectivity index (χ3n) is 2.32. The third kappa shape index (κ3) is 1.20. The first-order valence-electron chi connectivity index (χ1n) is 4.31. The summed E-state index contributed by atoms with van der Waals surface area (Å²) in [6.07, 6.45) is 4.85. The molecule has 0 spiro atoms. The summed E-state index contributed by atoms with van der Waals surface area (Å²) in [5.74, 6) is -1.50. The standard InChI is InChI=1S/C11H7F2N/c12-10-5-7-3-1-2-4-8(7)11(13)9(10)6-14/h2,4-5H,1,3H2. The fourth-order valence-corrected chi connectivity index (χ4v) is 1.61. The number of hydrogen-bond acceptors (Lipinski definition) is 1. The van der Waals surface area contributed by atoms with Gasteiger partial charge in [-0.2, -0.15) is 5.26 Å². The number of allylic oxidation sites excluding steroid dienone is 1. The topological polar surface area (TPSA) is 23.8 Å². The predicted molar refractivity (Wildman–Crippen MR) is 48.4 cm³/mol. The second-order valence-electron chi connectivity index (χ2n) is 3.17. The minimum absolute atomic E-state index is 0.356. The smallest absolute Gasteiger partial charge is 0.151 e. The van der Waals surface area contributed by atoms with Gasteiger partial charge in [-0.25, -0.2) is 8.78 Å². The Morgan fingerprint density at radius 1 is 1.36 bits per heavy atom. The van der Waals surface area contributed by atoms with Crippen molar-refractivity contribution < 1.29 is 8.78 Å². The van der Waals surface area contributed by atoms with Crippen LogP contribution in [-0.2, 0) is 6.42 Å². The molecule has 0 heterocycles. The van der Waals surface area contributed by atoms with E-state index in [9.17, 15) is 8.78 Å². The molecule has 0 radical (unpaired) electrons. The maximum absolute atomic E-state index is 13.5. The molecule has 1 aromatic carbocycles. The Kier molecular flexibility index (Phi) is 2.05. The normalized spacial score (nSPS) is 13.5. The van der Waals surface area contributed by atoms with Crippen molar-refractivity contribution in [2.24, 2.45) is 0 Å². The lowest BCUT2D eigenvalue weighted by atomic mass is 9.94. The van der Waals surface area contributed by atoms with E-state index in [1.54, 1.807) is 6.08 Å². The Labute approximate surface area is 80.3 Å². The monoisotopic (exact) mass is 191 g/mol. The Hall–Kier alpha value is -1.69. The first-order chi connectivity index (χ1) is 6.74. The van der Waals surface area contributed by atoms with Crippen molar-refractivity contribution in [2.75, 3.05) is 0 Å². The lowest BCUT2D eigenvalue weighted by Crippen LogP contribution is -2.02. The Balaban J connectivity index is 2.73. The van der Waals surface area contributed by atoms with Gasteiger partial charge in [0, 0.05) is 5.56 Å². The summed E-state index contributed by atoms with van der Waals surface area (Å²) in [7, 11) is 0. The maximum atomic E-state index is 13.5. The molecule has 0 fully saturated rings. The van der Waals surface area contributed by atoms with Crippen molar-refractivity contribution >= 4 is 6.08 Å². The fraction of sp³-hybridized carbons (Fsp3) is 0.182. The molecule has 1 nitrogen and oxygen atoms in total. The number of nitrogens with zero attached hydrogens (tertiary/aromatic N) is 1. The molecular formula is C11H7F2N. The molecule has 0 saturated carbocycles. The minimum Gasteiger partial charge on any atom is -0.205 e. The van der Waals surface area contributed by atoms with Gasteiger partial charge in [-0.15, -0.1) is 0 Å². The highest BCUT2D eigenvalue weighted by Crippen LogP contribution is 2.26. The number of fused-ring (bicyclic) bond motifs is 1. The van der Waals surface area contributed by atoms with Gasteiger partial charge in [-0.05, 0) is 24.5 Å². The zero-order chi connectivity index (χ0) is 10.1. The van der Waals surface area contributed by atoms with Crippen LogP contribution in [0.25, 0.3) is 6.08 Å². The first-order valence-corrected chi connectivity index (χ1v) is 4.31. The zero-order valence-electron chi connectivity index (χ0n) is 7.35. The van der Waals surface area contributed by atoms with Gasteiger partial charge in [0.25, 0.3) is 0 Å². The zero-order valence-corrected chi connectivity index (χ0v) is 7.35. The predicted octanol–water partition coefficient (Wildman–Crippen LogP) is 2.80. The van der Waals surface area contributed by atoms with Crippen LogP contribution in [0.3, 0.4) is 0 Å². The van der Waals surface area contributed by atoms with Crippen molar-refractivity contribution in [1.82, 2.24) is 0 Å². The van der Waals surface area contributed by atoms with Gasteiger partial charge in [-0.1, -0.05) is 12.2 Å². The van der Waals surface area contributed by atoms with Crippen molar-refractivity contribution in [3.63, 3.8) is 0 Å². The molecule has 0 bridgehead atoms. The molecule has 2 rings (SSSR count). The number of benzene rings is 1. The molecule has 1 aliphatic carbocycles. The van der Waals surface area contributed by atoms with E-state index in [0.717, 1.165) is 6.42 Å². The number of aryl methyl sites for hydroxylation is 1. The van der Waals surface area contributed by atoms with Gasteiger partial charge in [0.1, 0.15) is 17.4 Å².